The molecule has 1 N–H and O–H groups in total. The molecule has 1 fully saturated rings. The van der Waals surface area contributed by atoms with Crippen molar-refractivity contribution in [2.24, 2.45) is 0 Å². The highest BCUT2D eigenvalue weighted by Gasteiger charge is 2.41. The number of aromatic nitrogens is 2. The summed E-state index contributed by atoms with van der Waals surface area (Å²) >= 11 is 0.951. The highest BCUT2D eigenvalue weighted by Crippen LogP contribution is 2.50. The minimum atomic E-state index is -5.03. The number of ether oxygens (including phenoxy) is 1. The Morgan fingerprint density at radius 2 is 1.79 bits per heavy atom. The second-order valence-electron chi connectivity index (χ2n) is 10.5. The Balaban J connectivity index is 1.84. The van der Waals surface area contributed by atoms with Crippen LogP contribution in [-0.2, 0) is 10.9 Å². The first-order chi connectivity index (χ1) is 19.8. The standard InChI is InChI=1S/C28H28F6N4O3S/c1-5-22(39)37-13(2)9-36(10-14(37)3)26-17-6-18(28(32,33)34)23(16-7-20(30)21(31)8-19(16)29)25-24(17)38(27(40)35-26)15(11-41-4)12-42-25/h5-8,13-15,22,39H,1,9-12H2,2-4H3/t13-,14+,15?,22?. The van der Waals surface area contributed by atoms with Gasteiger partial charge in [-0.05, 0) is 32.1 Å². The quantitative estimate of drug-likeness (QED) is 0.233. The summed E-state index contributed by atoms with van der Waals surface area (Å²) in [7, 11) is 1.42. The summed E-state index contributed by atoms with van der Waals surface area (Å²) in [4.78, 5) is 21.2. The van der Waals surface area contributed by atoms with Crippen LogP contribution in [0.5, 0.6) is 0 Å². The molecule has 2 unspecified atom stereocenters. The van der Waals surface area contributed by atoms with Crippen LogP contribution in [0, 0.1) is 17.5 Å². The van der Waals surface area contributed by atoms with Gasteiger partial charge in [0.05, 0.1) is 23.7 Å². The van der Waals surface area contributed by atoms with E-state index in [2.05, 4.69) is 11.6 Å². The van der Waals surface area contributed by atoms with Gasteiger partial charge in [0, 0.05) is 65.5 Å². The third-order valence-electron chi connectivity index (χ3n) is 7.68. The molecule has 42 heavy (non-hydrogen) atoms. The monoisotopic (exact) mass is 614 g/mol. The van der Waals surface area contributed by atoms with Crippen molar-refractivity contribution in [1.82, 2.24) is 14.5 Å². The lowest BCUT2D eigenvalue weighted by Gasteiger charge is -2.46. The number of alkyl halides is 3. The summed E-state index contributed by atoms with van der Waals surface area (Å²) < 4.78 is 93.7. The number of hydrogen-bond acceptors (Lipinski definition) is 7. The van der Waals surface area contributed by atoms with E-state index < -0.39 is 58.3 Å². The van der Waals surface area contributed by atoms with E-state index in [1.165, 1.54) is 17.8 Å². The third-order valence-corrected chi connectivity index (χ3v) is 8.91. The lowest BCUT2D eigenvalue weighted by atomic mass is 9.95. The summed E-state index contributed by atoms with van der Waals surface area (Å²) in [6.45, 7) is 7.74. The summed E-state index contributed by atoms with van der Waals surface area (Å²) in [5.41, 5.74) is -3.40. The first kappa shape index (κ1) is 30.4. The average molecular weight is 615 g/mol. The first-order valence-electron chi connectivity index (χ1n) is 13.1. The number of aliphatic hydroxyl groups is 1. The maximum absolute atomic E-state index is 15.1. The first-order valence-corrected chi connectivity index (χ1v) is 14.1. The van der Waals surface area contributed by atoms with E-state index in [9.17, 15) is 31.9 Å². The fourth-order valence-electron chi connectivity index (χ4n) is 6.00. The van der Waals surface area contributed by atoms with Gasteiger partial charge in [-0.25, -0.2) is 18.0 Å². The minimum Gasteiger partial charge on any atom is -0.383 e. The van der Waals surface area contributed by atoms with Crippen LogP contribution in [0.1, 0.15) is 25.5 Å². The van der Waals surface area contributed by atoms with Gasteiger partial charge in [0.2, 0.25) is 0 Å². The third kappa shape index (κ3) is 5.07. The van der Waals surface area contributed by atoms with E-state index in [0.29, 0.717) is 6.07 Å². The van der Waals surface area contributed by atoms with Gasteiger partial charge in [-0.2, -0.15) is 18.2 Å². The zero-order chi connectivity index (χ0) is 30.7. The Hall–Kier alpha value is -3.07. The van der Waals surface area contributed by atoms with Crippen molar-refractivity contribution in [1.29, 1.82) is 0 Å². The van der Waals surface area contributed by atoms with Crippen molar-refractivity contribution in [3.63, 3.8) is 0 Å². The molecule has 226 valence electrons. The van der Waals surface area contributed by atoms with E-state index in [0.717, 1.165) is 17.8 Å². The number of benzene rings is 2. The Labute approximate surface area is 241 Å². The number of halogens is 6. The zero-order valence-electron chi connectivity index (χ0n) is 22.9. The van der Waals surface area contributed by atoms with Gasteiger partial charge in [0.25, 0.3) is 0 Å². The van der Waals surface area contributed by atoms with E-state index in [1.807, 2.05) is 13.8 Å². The summed E-state index contributed by atoms with van der Waals surface area (Å²) in [6.07, 6.45) is -4.62. The molecule has 5 rings (SSSR count). The Kier molecular flexibility index (Phi) is 8.11. The molecule has 0 aliphatic carbocycles. The number of thioether (sulfide) groups is 1. The van der Waals surface area contributed by atoms with Gasteiger partial charge in [0.15, 0.2) is 11.6 Å². The smallest absolute Gasteiger partial charge is 0.383 e. The molecule has 3 aromatic rings. The number of aliphatic hydroxyl groups excluding tert-OH is 1. The van der Waals surface area contributed by atoms with Crippen LogP contribution in [0.4, 0.5) is 32.2 Å². The maximum atomic E-state index is 15.1. The van der Waals surface area contributed by atoms with Crippen LogP contribution in [-0.4, -0.2) is 70.4 Å². The van der Waals surface area contributed by atoms with E-state index >= 15 is 4.39 Å². The predicted molar refractivity (Wildman–Crippen MR) is 147 cm³/mol. The molecule has 0 amide bonds. The molecule has 0 saturated carbocycles. The lowest BCUT2D eigenvalue weighted by molar-refractivity contribution is -0.137. The number of rotatable bonds is 6. The molecule has 1 aromatic heterocycles. The molecule has 14 heteroatoms. The number of methoxy groups -OCH3 is 1. The molecule has 2 aromatic carbocycles. The van der Waals surface area contributed by atoms with E-state index in [4.69, 9.17) is 4.74 Å². The Morgan fingerprint density at radius 1 is 1.14 bits per heavy atom. The van der Waals surface area contributed by atoms with Gasteiger partial charge >= 0.3 is 11.9 Å². The van der Waals surface area contributed by atoms with Crippen molar-refractivity contribution < 1.29 is 36.2 Å². The largest absolute Gasteiger partial charge is 0.417 e. The second-order valence-corrected chi connectivity index (χ2v) is 11.5. The highest BCUT2D eigenvalue weighted by molar-refractivity contribution is 7.99. The molecular formula is C28H28F6N4O3S. The fourth-order valence-corrected chi connectivity index (χ4v) is 7.32. The number of nitrogens with zero attached hydrogens (tertiary/aromatic N) is 4. The molecule has 4 atom stereocenters. The lowest BCUT2D eigenvalue weighted by Crippen LogP contribution is -2.60. The molecule has 3 heterocycles. The van der Waals surface area contributed by atoms with Crippen LogP contribution >= 0.6 is 11.8 Å². The Bertz CT molecular complexity index is 1600. The topological polar surface area (TPSA) is 70.8 Å². The molecule has 0 spiro atoms. The minimum absolute atomic E-state index is 0.000387. The molecular weight excluding hydrogens is 586 g/mol. The summed E-state index contributed by atoms with van der Waals surface area (Å²) in [5, 5.41) is 10.4. The maximum Gasteiger partial charge on any atom is 0.417 e. The Morgan fingerprint density at radius 3 is 2.38 bits per heavy atom. The summed E-state index contributed by atoms with van der Waals surface area (Å²) in [6, 6.07) is 0.179. The number of anilines is 1. The van der Waals surface area contributed by atoms with Crippen molar-refractivity contribution in [2.45, 2.75) is 49.3 Å². The molecule has 0 bridgehead atoms. The van der Waals surface area contributed by atoms with Crippen molar-refractivity contribution >= 4 is 28.5 Å². The van der Waals surface area contributed by atoms with Gasteiger partial charge in [-0.3, -0.25) is 9.47 Å². The average Bonchev–Trinajstić information content (AvgIpc) is 2.91. The van der Waals surface area contributed by atoms with Crippen LogP contribution in [0.2, 0.25) is 0 Å². The van der Waals surface area contributed by atoms with Crippen molar-refractivity contribution in [2.75, 3.05) is 37.5 Å². The normalized spacial score (nSPS) is 22.0. The van der Waals surface area contributed by atoms with Crippen LogP contribution in [0.3, 0.4) is 0 Å². The van der Waals surface area contributed by atoms with Crippen LogP contribution in [0.25, 0.3) is 22.0 Å². The van der Waals surface area contributed by atoms with Gasteiger partial charge < -0.3 is 14.7 Å². The summed E-state index contributed by atoms with van der Waals surface area (Å²) in [5.74, 6) is -4.35. The SMILES string of the molecule is C=CC(O)N1[C@H](C)CN(c2nc(=O)n3c4c(c(-c5cc(F)c(F)cc5F)c(C(F)(F)F)cc24)SCC3COC)C[C@@H]1C. The second kappa shape index (κ2) is 11.2. The van der Waals surface area contributed by atoms with Crippen LogP contribution in [0.15, 0.2) is 40.5 Å². The molecule has 1 saturated heterocycles. The molecule has 7 nitrogen and oxygen atoms in total. The van der Waals surface area contributed by atoms with Crippen molar-refractivity contribution in [3.8, 4) is 11.1 Å². The van der Waals surface area contributed by atoms with E-state index in [1.54, 1.807) is 9.80 Å². The van der Waals surface area contributed by atoms with Gasteiger partial charge in [-0.15, -0.1) is 11.8 Å². The molecule has 2 aliphatic rings. The van der Waals surface area contributed by atoms with Crippen LogP contribution < -0.4 is 10.6 Å². The van der Waals surface area contributed by atoms with Crippen molar-refractivity contribution in [3.05, 3.63) is 64.4 Å². The number of hydrogen-bond donors (Lipinski definition) is 1. The highest BCUT2D eigenvalue weighted by atomic mass is 32.2. The zero-order valence-corrected chi connectivity index (χ0v) is 23.7. The van der Waals surface area contributed by atoms with Gasteiger partial charge in [0.1, 0.15) is 17.9 Å². The predicted octanol–water partition coefficient (Wildman–Crippen LogP) is 5.20. The van der Waals surface area contributed by atoms with Gasteiger partial charge in [-0.1, -0.05) is 6.58 Å². The number of piperazine rings is 1. The molecule has 0 radical (unpaired) electrons. The fraction of sp³-hybridized carbons (Fsp3) is 0.429. The van der Waals surface area contributed by atoms with E-state index in [-0.39, 0.29) is 65.2 Å². The molecule has 2 aliphatic heterocycles.